The van der Waals surface area contributed by atoms with E-state index in [1.807, 2.05) is 36.4 Å². The molecule has 28 heavy (non-hydrogen) atoms. The van der Waals surface area contributed by atoms with Crippen LogP contribution < -0.4 is 10.2 Å². The number of phenols is 1. The van der Waals surface area contributed by atoms with Gasteiger partial charge in [-0.1, -0.05) is 24.3 Å². The zero-order valence-corrected chi connectivity index (χ0v) is 18.3. The minimum Gasteiger partial charge on any atom is -0.506 e. The molecule has 0 unspecified atom stereocenters. The molecule has 0 bridgehead atoms. The third kappa shape index (κ3) is 5.52. The first kappa shape index (κ1) is 21.8. The van der Waals surface area contributed by atoms with Gasteiger partial charge < -0.3 is 20.2 Å². The molecule has 0 atom stereocenters. The largest absolute Gasteiger partial charge is 0.506 e. The number of benzene rings is 2. The number of guanidine groups is 1. The van der Waals surface area contributed by atoms with Crippen LogP contribution >= 0.6 is 24.0 Å². The fourth-order valence-corrected chi connectivity index (χ4v) is 3.22. The molecule has 1 saturated heterocycles. The van der Waals surface area contributed by atoms with Gasteiger partial charge in [-0.25, -0.2) is 4.99 Å². The van der Waals surface area contributed by atoms with Crippen LogP contribution in [0.1, 0.15) is 18.1 Å². The number of para-hydroxylation sites is 2. The summed E-state index contributed by atoms with van der Waals surface area (Å²) in [7, 11) is 0. The fourth-order valence-electron chi connectivity index (χ4n) is 3.22. The maximum Gasteiger partial charge on any atom is 0.194 e. The number of nitriles is 1. The smallest absolute Gasteiger partial charge is 0.194 e. The second-order valence-electron chi connectivity index (χ2n) is 6.45. The molecule has 7 heteroatoms. The highest BCUT2D eigenvalue weighted by Gasteiger charge is 2.21. The molecule has 0 aromatic heterocycles. The Balaban J connectivity index is 0.00000280. The van der Waals surface area contributed by atoms with Crippen molar-refractivity contribution < 1.29 is 5.11 Å². The molecule has 0 amide bonds. The number of phenolic OH excluding ortho intramolecular Hbond substituents is 1. The molecule has 2 aromatic rings. The van der Waals surface area contributed by atoms with Crippen LogP contribution in [-0.4, -0.2) is 48.7 Å². The van der Waals surface area contributed by atoms with Crippen molar-refractivity contribution >= 4 is 35.6 Å². The summed E-state index contributed by atoms with van der Waals surface area (Å²) in [6.45, 7) is 6.72. The number of aliphatic imine (C=N–C) groups is 1. The lowest BCUT2D eigenvalue weighted by atomic mass is 10.1. The van der Waals surface area contributed by atoms with E-state index in [0.29, 0.717) is 17.9 Å². The second kappa shape index (κ2) is 10.8. The van der Waals surface area contributed by atoms with Crippen molar-refractivity contribution in [3.63, 3.8) is 0 Å². The number of aromatic hydroxyl groups is 1. The summed E-state index contributed by atoms with van der Waals surface area (Å²) < 4.78 is 0. The lowest BCUT2D eigenvalue weighted by molar-refractivity contribution is 0.369. The minimum absolute atomic E-state index is 0. The number of halogens is 1. The van der Waals surface area contributed by atoms with Gasteiger partial charge in [0.25, 0.3) is 0 Å². The first-order chi connectivity index (χ1) is 13.2. The molecule has 0 saturated carbocycles. The highest BCUT2D eigenvalue weighted by Crippen LogP contribution is 2.27. The van der Waals surface area contributed by atoms with Gasteiger partial charge in [0.2, 0.25) is 0 Å². The van der Waals surface area contributed by atoms with E-state index in [2.05, 4.69) is 28.1 Å². The third-order valence-electron chi connectivity index (χ3n) is 4.60. The Morgan fingerprint density at radius 3 is 2.57 bits per heavy atom. The van der Waals surface area contributed by atoms with E-state index in [-0.39, 0.29) is 24.0 Å². The summed E-state index contributed by atoms with van der Waals surface area (Å²) in [5, 5.41) is 22.5. The van der Waals surface area contributed by atoms with E-state index in [1.54, 1.807) is 12.1 Å². The number of rotatable bonds is 4. The van der Waals surface area contributed by atoms with Crippen LogP contribution in [0.15, 0.2) is 53.5 Å². The van der Waals surface area contributed by atoms with Gasteiger partial charge in [-0.15, -0.1) is 24.0 Å². The van der Waals surface area contributed by atoms with Gasteiger partial charge in [0.1, 0.15) is 5.75 Å². The maximum absolute atomic E-state index is 10.1. The molecule has 148 valence electrons. The number of piperazine rings is 1. The van der Waals surface area contributed by atoms with Crippen molar-refractivity contribution in [3.8, 4) is 11.8 Å². The molecule has 0 aliphatic carbocycles. The van der Waals surface area contributed by atoms with Crippen LogP contribution in [-0.2, 0) is 6.54 Å². The van der Waals surface area contributed by atoms with E-state index < -0.39 is 0 Å². The Morgan fingerprint density at radius 2 is 1.89 bits per heavy atom. The predicted molar refractivity (Wildman–Crippen MR) is 123 cm³/mol. The van der Waals surface area contributed by atoms with Crippen molar-refractivity contribution in [1.29, 1.82) is 5.26 Å². The maximum atomic E-state index is 10.1. The minimum atomic E-state index is 0. The first-order valence-electron chi connectivity index (χ1n) is 9.26. The quantitative estimate of drug-likeness (QED) is 0.391. The molecule has 0 spiro atoms. The van der Waals surface area contributed by atoms with Crippen LogP contribution in [0.2, 0.25) is 0 Å². The van der Waals surface area contributed by atoms with Crippen LogP contribution in [0.5, 0.6) is 5.75 Å². The molecule has 2 N–H and O–H groups in total. The van der Waals surface area contributed by atoms with E-state index in [9.17, 15) is 5.11 Å². The third-order valence-corrected chi connectivity index (χ3v) is 4.60. The summed E-state index contributed by atoms with van der Waals surface area (Å²) in [4.78, 5) is 9.20. The summed E-state index contributed by atoms with van der Waals surface area (Å²) in [5.41, 5.74) is 2.56. The number of hydrogen-bond donors (Lipinski definition) is 2. The Hall–Kier alpha value is -2.47. The number of anilines is 1. The molecule has 0 radical (unpaired) electrons. The monoisotopic (exact) mass is 491 g/mol. The van der Waals surface area contributed by atoms with Crippen molar-refractivity contribution in [2.24, 2.45) is 4.99 Å². The summed E-state index contributed by atoms with van der Waals surface area (Å²) in [6, 6.07) is 17.2. The highest BCUT2D eigenvalue weighted by molar-refractivity contribution is 14.0. The Labute approximate surface area is 183 Å². The zero-order valence-electron chi connectivity index (χ0n) is 16.0. The van der Waals surface area contributed by atoms with Gasteiger partial charge in [0.15, 0.2) is 5.96 Å². The van der Waals surface area contributed by atoms with Crippen LogP contribution in [0.4, 0.5) is 5.69 Å². The van der Waals surface area contributed by atoms with Crippen LogP contribution in [0, 0.1) is 11.3 Å². The van der Waals surface area contributed by atoms with Gasteiger partial charge in [-0.2, -0.15) is 5.26 Å². The van der Waals surface area contributed by atoms with Crippen molar-refractivity contribution in [1.82, 2.24) is 10.2 Å². The zero-order chi connectivity index (χ0) is 19.1. The average molecular weight is 491 g/mol. The van der Waals surface area contributed by atoms with Crippen molar-refractivity contribution in [2.75, 3.05) is 37.6 Å². The fraction of sp³-hybridized carbons (Fsp3) is 0.333. The van der Waals surface area contributed by atoms with Gasteiger partial charge >= 0.3 is 0 Å². The van der Waals surface area contributed by atoms with Gasteiger partial charge in [0.05, 0.1) is 23.9 Å². The highest BCUT2D eigenvalue weighted by atomic mass is 127. The Morgan fingerprint density at radius 1 is 1.14 bits per heavy atom. The molecule has 1 fully saturated rings. The van der Waals surface area contributed by atoms with Gasteiger partial charge in [0, 0.05) is 32.7 Å². The molecule has 1 aliphatic rings. The molecule has 3 rings (SSSR count). The van der Waals surface area contributed by atoms with E-state index in [4.69, 9.17) is 10.3 Å². The SMILES string of the molecule is CCNC(=NCc1cccc(C#N)c1)N1CCN(c2ccccc2O)CC1.I. The molecule has 1 heterocycles. The van der Waals surface area contributed by atoms with Gasteiger partial charge in [-0.05, 0) is 36.8 Å². The molecule has 1 aliphatic heterocycles. The summed E-state index contributed by atoms with van der Waals surface area (Å²) in [6.07, 6.45) is 0. The normalized spacial score (nSPS) is 14.2. The van der Waals surface area contributed by atoms with E-state index in [0.717, 1.165) is 49.9 Å². The summed E-state index contributed by atoms with van der Waals surface area (Å²) in [5.74, 6) is 1.21. The van der Waals surface area contributed by atoms with Crippen LogP contribution in [0.25, 0.3) is 0 Å². The lowest BCUT2D eigenvalue weighted by Gasteiger charge is -2.37. The van der Waals surface area contributed by atoms with Crippen LogP contribution in [0.3, 0.4) is 0 Å². The Bertz CT molecular complexity index is 841. The number of nitrogens with zero attached hydrogens (tertiary/aromatic N) is 4. The molecule has 2 aromatic carbocycles. The number of hydrogen-bond acceptors (Lipinski definition) is 4. The average Bonchev–Trinajstić information content (AvgIpc) is 2.72. The second-order valence-corrected chi connectivity index (χ2v) is 6.45. The molecule has 6 nitrogen and oxygen atoms in total. The van der Waals surface area contributed by atoms with E-state index >= 15 is 0 Å². The molecular formula is C21H26IN5O. The topological polar surface area (TPSA) is 74.9 Å². The summed E-state index contributed by atoms with van der Waals surface area (Å²) >= 11 is 0. The van der Waals surface area contributed by atoms with Gasteiger partial charge in [-0.3, -0.25) is 0 Å². The first-order valence-corrected chi connectivity index (χ1v) is 9.26. The predicted octanol–water partition coefficient (Wildman–Crippen LogP) is 3.17. The Kier molecular flexibility index (Phi) is 8.39. The standard InChI is InChI=1S/C21H25N5O.HI/c1-2-23-21(24-16-18-7-5-6-17(14-18)15-22)26-12-10-25(11-13-26)19-8-3-4-9-20(19)27;/h3-9,14,27H,2,10-13,16H2,1H3,(H,23,24);1H. The lowest BCUT2D eigenvalue weighted by Crippen LogP contribution is -2.52. The van der Waals surface area contributed by atoms with Crippen molar-refractivity contribution in [2.45, 2.75) is 13.5 Å². The molecular weight excluding hydrogens is 465 g/mol. The van der Waals surface area contributed by atoms with E-state index in [1.165, 1.54) is 0 Å². The van der Waals surface area contributed by atoms with Crippen molar-refractivity contribution in [3.05, 3.63) is 59.7 Å². The number of nitrogens with one attached hydrogen (secondary N) is 1.